The maximum atomic E-state index is 12.2. The standard InChI is InChI=1S/C17H18N2O7S/c1-11-5-7-13(8-6-11)27(23,24)19-12(2)17(22)26-10-15(20)18-16(21)14-4-3-9-25-14/h3-9,12,19H,10H2,1-2H3,(H,18,20,21)/t12-/m0/s1. The lowest BCUT2D eigenvalue weighted by atomic mass is 10.2. The Labute approximate surface area is 155 Å². The quantitative estimate of drug-likeness (QED) is 0.663. The molecule has 0 fully saturated rings. The Morgan fingerprint density at radius 3 is 2.41 bits per heavy atom. The van der Waals surface area contributed by atoms with E-state index in [1.165, 1.54) is 37.5 Å². The Morgan fingerprint density at radius 1 is 1.15 bits per heavy atom. The maximum Gasteiger partial charge on any atom is 0.324 e. The van der Waals surface area contributed by atoms with Crippen LogP contribution in [0, 0.1) is 6.92 Å². The zero-order valence-corrected chi connectivity index (χ0v) is 15.4. The molecule has 1 aromatic carbocycles. The summed E-state index contributed by atoms with van der Waals surface area (Å²) < 4.78 is 36.1. The van der Waals surface area contributed by atoms with E-state index in [2.05, 4.69) is 4.72 Å². The van der Waals surface area contributed by atoms with Crippen molar-refractivity contribution in [2.75, 3.05) is 6.61 Å². The van der Waals surface area contributed by atoms with Crippen LogP contribution in [0.4, 0.5) is 0 Å². The molecule has 1 atom stereocenters. The molecule has 0 spiro atoms. The van der Waals surface area contributed by atoms with Gasteiger partial charge in [0.15, 0.2) is 12.4 Å². The van der Waals surface area contributed by atoms with Crippen LogP contribution in [0.25, 0.3) is 0 Å². The van der Waals surface area contributed by atoms with Crippen molar-refractivity contribution in [2.45, 2.75) is 24.8 Å². The molecule has 0 radical (unpaired) electrons. The van der Waals surface area contributed by atoms with E-state index >= 15 is 0 Å². The summed E-state index contributed by atoms with van der Waals surface area (Å²) in [4.78, 5) is 35.1. The zero-order valence-electron chi connectivity index (χ0n) is 14.6. The average Bonchev–Trinajstić information content (AvgIpc) is 3.14. The molecule has 2 N–H and O–H groups in total. The molecule has 27 heavy (non-hydrogen) atoms. The molecule has 0 aliphatic carbocycles. The first-order valence-electron chi connectivity index (χ1n) is 7.82. The summed E-state index contributed by atoms with van der Waals surface area (Å²) in [5.74, 6) is -2.70. The van der Waals surface area contributed by atoms with E-state index in [9.17, 15) is 22.8 Å². The number of carbonyl (C=O) groups is 3. The Hall–Kier alpha value is -2.98. The van der Waals surface area contributed by atoms with Crippen LogP contribution in [-0.4, -0.2) is 38.9 Å². The highest BCUT2D eigenvalue weighted by Gasteiger charge is 2.24. The average molecular weight is 394 g/mol. The van der Waals surface area contributed by atoms with Gasteiger partial charge in [-0.3, -0.25) is 19.7 Å². The Bertz CT molecular complexity index is 919. The molecule has 10 heteroatoms. The molecule has 0 bridgehead atoms. The number of ether oxygens (including phenoxy) is 1. The molecule has 2 amide bonds. The van der Waals surface area contributed by atoms with Gasteiger partial charge in [-0.2, -0.15) is 4.72 Å². The van der Waals surface area contributed by atoms with Gasteiger partial charge < -0.3 is 9.15 Å². The Kier molecular flexibility index (Phi) is 6.48. The van der Waals surface area contributed by atoms with E-state index in [0.29, 0.717) is 0 Å². The largest absolute Gasteiger partial charge is 0.459 e. The number of rotatable bonds is 7. The summed E-state index contributed by atoms with van der Waals surface area (Å²) in [5.41, 5.74) is 0.886. The van der Waals surface area contributed by atoms with Crippen LogP contribution in [0.15, 0.2) is 52.0 Å². The van der Waals surface area contributed by atoms with Crippen molar-refractivity contribution in [3.63, 3.8) is 0 Å². The molecule has 1 heterocycles. The molecule has 1 aromatic heterocycles. The summed E-state index contributed by atoms with van der Waals surface area (Å²) in [5, 5.41) is 1.97. The fourth-order valence-electron chi connectivity index (χ4n) is 1.96. The lowest BCUT2D eigenvalue weighted by molar-refractivity contribution is -0.149. The highest BCUT2D eigenvalue weighted by atomic mass is 32.2. The molecule has 2 rings (SSSR count). The second-order valence-electron chi connectivity index (χ2n) is 5.62. The minimum Gasteiger partial charge on any atom is -0.459 e. The molecule has 0 aliphatic heterocycles. The van der Waals surface area contributed by atoms with Crippen LogP contribution >= 0.6 is 0 Å². The SMILES string of the molecule is Cc1ccc(S(=O)(=O)N[C@@H](C)C(=O)OCC(=O)NC(=O)c2ccco2)cc1. The van der Waals surface area contributed by atoms with Gasteiger partial charge in [0.25, 0.3) is 11.8 Å². The molecular formula is C17H18N2O7S. The van der Waals surface area contributed by atoms with Crippen molar-refractivity contribution in [1.29, 1.82) is 0 Å². The first-order valence-corrected chi connectivity index (χ1v) is 9.30. The topological polar surface area (TPSA) is 132 Å². The number of furan rings is 1. The van der Waals surface area contributed by atoms with E-state index in [4.69, 9.17) is 9.15 Å². The highest BCUT2D eigenvalue weighted by Crippen LogP contribution is 2.10. The number of imide groups is 1. The van der Waals surface area contributed by atoms with Crippen molar-refractivity contribution in [1.82, 2.24) is 10.0 Å². The number of benzene rings is 1. The number of amides is 2. The fourth-order valence-corrected chi connectivity index (χ4v) is 3.15. The maximum absolute atomic E-state index is 12.2. The number of esters is 1. The smallest absolute Gasteiger partial charge is 0.324 e. The summed E-state index contributed by atoms with van der Waals surface area (Å²) in [7, 11) is -3.93. The van der Waals surface area contributed by atoms with Crippen LogP contribution in [0.1, 0.15) is 23.0 Å². The van der Waals surface area contributed by atoms with Crippen LogP contribution in [-0.2, 0) is 24.3 Å². The molecule has 0 aliphatic rings. The Morgan fingerprint density at radius 2 is 1.81 bits per heavy atom. The van der Waals surface area contributed by atoms with Crippen molar-refractivity contribution >= 4 is 27.8 Å². The third-order valence-corrected chi connectivity index (χ3v) is 4.92. The van der Waals surface area contributed by atoms with Gasteiger partial charge in [0.05, 0.1) is 11.2 Å². The van der Waals surface area contributed by atoms with Crippen molar-refractivity contribution < 1.29 is 32.0 Å². The monoisotopic (exact) mass is 394 g/mol. The Balaban J connectivity index is 1.85. The van der Waals surface area contributed by atoms with E-state index < -0.39 is 40.5 Å². The van der Waals surface area contributed by atoms with Gasteiger partial charge in [0.2, 0.25) is 10.0 Å². The number of aryl methyl sites for hydroxylation is 1. The number of carbonyl (C=O) groups excluding carboxylic acids is 3. The van der Waals surface area contributed by atoms with Crippen molar-refractivity contribution in [3.05, 3.63) is 54.0 Å². The van der Waals surface area contributed by atoms with Crippen LogP contribution in [0.2, 0.25) is 0 Å². The van der Waals surface area contributed by atoms with Gasteiger partial charge in [0.1, 0.15) is 6.04 Å². The van der Waals surface area contributed by atoms with Gasteiger partial charge in [-0.25, -0.2) is 8.42 Å². The van der Waals surface area contributed by atoms with Gasteiger partial charge >= 0.3 is 5.97 Å². The second-order valence-corrected chi connectivity index (χ2v) is 7.33. The van der Waals surface area contributed by atoms with Crippen molar-refractivity contribution in [3.8, 4) is 0 Å². The first kappa shape index (κ1) is 20.3. The molecular weight excluding hydrogens is 376 g/mol. The third kappa shape index (κ3) is 5.76. The first-order chi connectivity index (χ1) is 12.7. The highest BCUT2D eigenvalue weighted by molar-refractivity contribution is 7.89. The predicted molar refractivity (Wildman–Crippen MR) is 93.1 cm³/mol. The minimum atomic E-state index is -3.93. The van der Waals surface area contributed by atoms with Crippen LogP contribution in [0.5, 0.6) is 0 Å². The minimum absolute atomic E-state index is 0.00506. The van der Waals surface area contributed by atoms with E-state index in [1.54, 1.807) is 12.1 Å². The molecule has 0 unspecified atom stereocenters. The summed E-state index contributed by atoms with van der Waals surface area (Å²) in [6, 6.07) is 7.66. The molecule has 2 aromatic rings. The normalized spacial score (nSPS) is 12.2. The molecule has 9 nitrogen and oxygen atoms in total. The molecule has 0 saturated heterocycles. The van der Waals surface area contributed by atoms with Gasteiger partial charge in [0, 0.05) is 0 Å². The van der Waals surface area contributed by atoms with E-state index in [-0.39, 0.29) is 10.7 Å². The number of nitrogens with one attached hydrogen (secondary N) is 2. The number of hydrogen-bond acceptors (Lipinski definition) is 7. The van der Waals surface area contributed by atoms with Gasteiger partial charge in [-0.15, -0.1) is 0 Å². The third-order valence-electron chi connectivity index (χ3n) is 3.36. The van der Waals surface area contributed by atoms with Crippen molar-refractivity contribution in [2.24, 2.45) is 0 Å². The van der Waals surface area contributed by atoms with Gasteiger partial charge in [-0.1, -0.05) is 17.7 Å². The van der Waals surface area contributed by atoms with Gasteiger partial charge in [-0.05, 0) is 38.1 Å². The lowest BCUT2D eigenvalue weighted by Crippen LogP contribution is -2.41. The van der Waals surface area contributed by atoms with E-state index in [0.717, 1.165) is 5.56 Å². The summed E-state index contributed by atoms with van der Waals surface area (Å²) in [6.45, 7) is 2.34. The van der Waals surface area contributed by atoms with Crippen LogP contribution < -0.4 is 10.0 Å². The summed E-state index contributed by atoms with van der Waals surface area (Å²) >= 11 is 0. The van der Waals surface area contributed by atoms with E-state index in [1.807, 2.05) is 12.2 Å². The lowest BCUT2D eigenvalue weighted by Gasteiger charge is -2.13. The zero-order chi connectivity index (χ0) is 20.0. The summed E-state index contributed by atoms with van der Waals surface area (Å²) in [6.07, 6.45) is 1.27. The molecule has 0 saturated carbocycles. The fraction of sp³-hybridized carbons (Fsp3) is 0.235. The second kappa shape index (κ2) is 8.60. The predicted octanol–water partition coefficient (Wildman–Crippen LogP) is 0.755. The number of sulfonamides is 1. The van der Waals surface area contributed by atoms with Crippen LogP contribution in [0.3, 0.4) is 0 Å². The molecule has 144 valence electrons. The number of hydrogen-bond donors (Lipinski definition) is 2.